The summed E-state index contributed by atoms with van der Waals surface area (Å²) in [5, 5.41) is 22.7. The van der Waals surface area contributed by atoms with Gasteiger partial charge in [-0.2, -0.15) is 0 Å². The molecule has 5 rings (SSSR count). The predicted molar refractivity (Wildman–Crippen MR) is 118 cm³/mol. The molecule has 1 aromatic carbocycles. The molecule has 0 amide bonds. The second-order valence-electron chi connectivity index (χ2n) is 10.5. The molecule has 0 spiro atoms. The number of fused-ring (bicyclic) bond motifs is 1. The van der Waals surface area contributed by atoms with Gasteiger partial charge in [-0.15, -0.1) is 5.10 Å². The average molecular weight is 407 g/mol. The topological polar surface area (TPSA) is 84.1 Å². The van der Waals surface area contributed by atoms with Crippen molar-refractivity contribution >= 4 is 16.9 Å². The van der Waals surface area contributed by atoms with Gasteiger partial charge in [0.1, 0.15) is 5.69 Å². The summed E-state index contributed by atoms with van der Waals surface area (Å²) in [5.41, 5.74) is 4.98. The van der Waals surface area contributed by atoms with Crippen molar-refractivity contribution in [1.82, 2.24) is 15.2 Å². The Labute approximate surface area is 177 Å². The van der Waals surface area contributed by atoms with Crippen LogP contribution in [0.1, 0.15) is 76.0 Å². The van der Waals surface area contributed by atoms with E-state index in [1.54, 1.807) is 0 Å². The fourth-order valence-corrected chi connectivity index (χ4v) is 4.51. The highest BCUT2D eigenvalue weighted by Crippen LogP contribution is 2.44. The van der Waals surface area contributed by atoms with E-state index in [4.69, 9.17) is 9.40 Å². The maximum atomic E-state index is 9.91. The first-order valence-electron chi connectivity index (χ1n) is 10.9. The fourth-order valence-electron chi connectivity index (χ4n) is 4.51. The molecule has 158 valence electrons. The molecule has 0 aliphatic heterocycles. The van der Waals surface area contributed by atoms with Gasteiger partial charge < -0.3 is 14.8 Å². The summed E-state index contributed by atoms with van der Waals surface area (Å²) < 4.78 is 5.87. The van der Waals surface area contributed by atoms with E-state index in [2.05, 4.69) is 55.3 Å². The molecule has 2 aliphatic rings. The summed E-state index contributed by atoms with van der Waals surface area (Å²) in [6.45, 7) is 10.7. The van der Waals surface area contributed by atoms with Gasteiger partial charge in [-0.05, 0) is 79.7 Å². The number of aliphatic hydroxyl groups is 1. The number of aryl methyl sites for hydroxylation is 1. The average Bonchev–Trinajstić information content (AvgIpc) is 3.38. The van der Waals surface area contributed by atoms with Crippen LogP contribution in [0.3, 0.4) is 0 Å². The van der Waals surface area contributed by atoms with E-state index in [-0.39, 0.29) is 11.5 Å². The molecule has 0 atom stereocenters. The first-order chi connectivity index (χ1) is 14.1. The minimum Gasteiger partial charge on any atom is -0.402 e. The minimum absolute atomic E-state index is 0.00998. The SMILES string of the molecule is Cc1cc(-c2nnc(N[C@H]3C[C@@](C)(O)C3)o2)nc2c(C(C)(C)C)cc(C3CC3)cc12. The van der Waals surface area contributed by atoms with Gasteiger partial charge in [0.2, 0.25) is 0 Å². The van der Waals surface area contributed by atoms with Gasteiger partial charge >= 0.3 is 6.01 Å². The largest absolute Gasteiger partial charge is 0.402 e. The van der Waals surface area contributed by atoms with Crippen LogP contribution in [0.15, 0.2) is 22.6 Å². The molecule has 2 fully saturated rings. The Morgan fingerprint density at radius 2 is 1.87 bits per heavy atom. The van der Waals surface area contributed by atoms with Gasteiger partial charge in [0.25, 0.3) is 5.89 Å². The highest BCUT2D eigenvalue weighted by Gasteiger charge is 2.39. The lowest BCUT2D eigenvalue weighted by atomic mass is 9.77. The maximum absolute atomic E-state index is 9.91. The number of rotatable bonds is 4. The summed E-state index contributed by atoms with van der Waals surface area (Å²) in [5.74, 6) is 1.12. The molecular formula is C24H30N4O2. The van der Waals surface area contributed by atoms with Gasteiger partial charge in [-0.3, -0.25) is 0 Å². The summed E-state index contributed by atoms with van der Waals surface area (Å²) in [7, 11) is 0. The van der Waals surface area contributed by atoms with E-state index < -0.39 is 5.60 Å². The predicted octanol–water partition coefficient (Wildman–Crippen LogP) is 5.09. The van der Waals surface area contributed by atoms with Crippen molar-refractivity contribution in [3.05, 3.63) is 34.9 Å². The highest BCUT2D eigenvalue weighted by atomic mass is 16.4. The number of hydrogen-bond donors (Lipinski definition) is 2. The number of hydrogen-bond acceptors (Lipinski definition) is 6. The minimum atomic E-state index is -0.597. The number of pyridine rings is 1. The highest BCUT2D eigenvalue weighted by molar-refractivity contribution is 5.88. The Morgan fingerprint density at radius 1 is 1.13 bits per heavy atom. The van der Waals surface area contributed by atoms with E-state index in [0.29, 0.717) is 36.4 Å². The van der Waals surface area contributed by atoms with E-state index in [0.717, 1.165) is 5.52 Å². The van der Waals surface area contributed by atoms with E-state index in [1.165, 1.54) is 34.9 Å². The van der Waals surface area contributed by atoms with Crippen molar-refractivity contribution < 1.29 is 9.52 Å². The van der Waals surface area contributed by atoms with Crippen LogP contribution in [0.4, 0.5) is 6.01 Å². The maximum Gasteiger partial charge on any atom is 0.316 e. The van der Waals surface area contributed by atoms with E-state index in [9.17, 15) is 5.11 Å². The number of nitrogens with zero attached hydrogens (tertiary/aromatic N) is 3. The summed E-state index contributed by atoms with van der Waals surface area (Å²) >= 11 is 0. The summed E-state index contributed by atoms with van der Waals surface area (Å²) in [4.78, 5) is 4.98. The zero-order valence-corrected chi connectivity index (χ0v) is 18.4. The zero-order valence-electron chi connectivity index (χ0n) is 18.4. The lowest BCUT2D eigenvalue weighted by Gasteiger charge is -2.40. The van der Waals surface area contributed by atoms with Crippen LogP contribution in [0.5, 0.6) is 0 Å². The van der Waals surface area contributed by atoms with Crippen LogP contribution in [0.2, 0.25) is 0 Å². The second-order valence-corrected chi connectivity index (χ2v) is 10.5. The van der Waals surface area contributed by atoms with Crippen LogP contribution in [-0.4, -0.2) is 31.9 Å². The van der Waals surface area contributed by atoms with Gasteiger partial charge in [-0.1, -0.05) is 31.9 Å². The van der Waals surface area contributed by atoms with Gasteiger partial charge in [0.15, 0.2) is 0 Å². The normalized spacial score (nSPS) is 24.1. The second kappa shape index (κ2) is 6.51. The Bertz CT molecular complexity index is 1110. The summed E-state index contributed by atoms with van der Waals surface area (Å²) in [6.07, 6.45) is 3.92. The third kappa shape index (κ3) is 3.58. The number of anilines is 1. The number of aromatic nitrogens is 3. The quantitative estimate of drug-likeness (QED) is 0.628. The van der Waals surface area contributed by atoms with Gasteiger partial charge in [0.05, 0.1) is 11.1 Å². The van der Waals surface area contributed by atoms with Crippen molar-refractivity contribution in [1.29, 1.82) is 0 Å². The Morgan fingerprint density at radius 3 is 2.50 bits per heavy atom. The third-order valence-corrected chi connectivity index (χ3v) is 6.34. The van der Waals surface area contributed by atoms with Crippen molar-refractivity contribution in [3.63, 3.8) is 0 Å². The monoisotopic (exact) mass is 406 g/mol. The van der Waals surface area contributed by atoms with Crippen molar-refractivity contribution in [3.8, 4) is 11.6 Å². The molecule has 0 bridgehead atoms. The summed E-state index contributed by atoms with van der Waals surface area (Å²) in [6, 6.07) is 7.24. The van der Waals surface area contributed by atoms with Crippen LogP contribution in [0.25, 0.3) is 22.5 Å². The molecule has 2 aromatic heterocycles. The molecule has 3 aromatic rings. The molecule has 6 nitrogen and oxygen atoms in total. The molecule has 0 saturated heterocycles. The molecule has 6 heteroatoms. The van der Waals surface area contributed by atoms with Crippen molar-refractivity contribution in [2.75, 3.05) is 5.32 Å². The lowest BCUT2D eigenvalue weighted by Crippen LogP contribution is -2.48. The smallest absolute Gasteiger partial charge is 0.316 e. The molecular weight excluding hydrogens is 376 g/mol. The number of nitrogens with one attached hydrogen (secondary N) is 1. The van der Waals surface area contributed by atoms with Crippen molar-refractivity contribution in [2.24, 2.45) is 0 Å². The molecule has 0 unspecified atom stereocenters. The molecule has 0 radical (unpaired) electrons. The van der Waals surface area contributed by atoms with E-state index in [1.807, 2.05) is 13.0 Å². The Kier molecular flexibility index (Phi) is 4.23. The molecule has 30 heavy (non-hydrogen) atoms. The van der Waals surface area contributed by atoms with Crippen LogP contribution >= 0.6 is 0 Å². The Hall–Kier alpha value is -2.47. The fraction of sp³-hybridized carbons (Fsp3) is 0.542. The number of benzene rings is 1. The third-order valence-electron chi connectivity index (χ3n) is 6.34. The van der Waals surface area contributed by atoms with Crippen LogP contribution < -0.4 is 5.32 Å². The lowest BCUT2D eigenvalue weighted by molar-refractivity contribution is -0.0239. The zero-order chi connectivity index (χ0) is 21.3. The molecule has 2 aliphatic carbocycles. The van der Waals surface area contributed by atoms with Crippen LogP contribution in [0, 0.1) is 6.92 Å². The molecule has 2 heterocycles. The Balaban J connectivity index is 1.52. The molecule has 2 saturated carbocycles. The van der Waals surface area contributed by atoms with Gasteiger partial charge in [0, 0.05) is 11.4 Å². The van der Waals surface area contributed by atoms with Crippen LogP contribution in [-0.2, 0) is 5.41 Å². The standard InChI is InChI=1S/C24H30N4O2/c1-13-8-19(21-27-28-22(30-21)25-16-11-24(5,29)12-16)26-20-17(13)9-15(14-6-7-14)10-18(20)23(2,3)4/h8-10,14,16,29H,6-7,11-12H2,1-5H3,(H,25,28)/t16-,24+. The van der Waals surface area contributed by atoms with Crippen molar-refractivity contribution in [2.45, 2.75) is 83.3 Å². The van der Waals surface area contributed by atoms with Gasteiger partial charge in [-0.25, -0.2) is 4.98 Å². The molecule has 2 N–H and O–H groups in total. The first-order valence-corrected chi connectivity index (χ1v) is 10.9. The first kappa shape index (κ1) is 19.5. The van der Waals surface area contributed by atoms with E-state index >= 15 is 0 Å².